The monoisotopic (exact) mass is 187 g/mol. The molecule has 0 aromatic carbocycles. The zero-order valence-electron chi connectivity index (χ0n) is 9.06. The fourth-order valence-corrected chi connectivity index (χ4v) is 3.06. The summed E-state index contributed by atoms with van der Waals surface area (Å²) in [6.07, 6.45) is 6.39. The summed E-state index contributed by atoms with van der Waals surface area (Å²) in [6.45, 7) is 4.63. The van der Waals surface area contributed by atoms with Crippen LogP contribution >= 0.6 is 0 Å². The van der Waals surface area contributed by atoms with Gasteiger partial charge in [-0.15, -0.1) is 0 Å². The molecule has 1 unspecified atom stereocenters. The van der Waals surface area contributed by atoms with E-state index in [1.54, 1.807) is 16.7 Å². The van der Waals surface area contributed by atoms with E-state index < -0.39 is 0 Å². The van der Waals surface area contributed by atoms with Gasteiger partial charge in [0.2, 0.25) is 0 Å². The standard InChI is InChI=1S/C13H17N/c1-8-6-7-11-9(2)10-4-3-5-12(10)14-13(8)11/h8H,3-7H2,1-2H3. The van der Waals surface area contributed by atoms with E-state index in [4.69, 9.17) is 4.98 Å². The molecule has 0 bridgehead atoms. The largest absolute Gasteiger partial charge is 0.257 e. The summed E-state index contributed by atoms with van der Waals surface area (Å²) in [6, 6.07) is 0. The molecule has 1 heterocycles. The van der Waals surface area contributed by atoms with Gasteiger partial charge in [0.15, 0.2) is 0 Å². The van der Waals surface area contributed by atoms with Gasteiger partial charge in [-0.25, -0.2) is 0 Å². The van der Waals surface area contributed by atoms with Crippen LogP contribution in [-0.4, -0.2) is 4.98 Å². The highest BCUT2D eigenvalue weighted by Crippen LogP contribution is 2.37. The maximum atomic E-state index is 4.88. The third kappa shape index (κ3) is 0.985. The smallest absolute Gasteiger partial charge is 0.0469 e. The van der Waals surface area contributed by atoms with Gasteiger partial charge in [0, 0.05) is 11.4 Å². The molecule has 1 atom stereocenters. The van der Waals surface area contributed by atoms with E-state index in [1.807, 2.05) is 0 Å². The molecule has 0 amide bonds. The first-order chi connectivity index (χ1) is 6.77. The van der Waals surface area contributed by atoms with Crippen LogP contribution in [0.4, 0.5) is 0 Å². The molecule has 14 heavy (non-hydrogen) atoms. The quantitative estimate of drug-likeness (QED) is 0.608. The lowest BCUT2D eigenvalue weighted by molar-refractivity contribution is 0.726. The Hall–Kier alpha value is -0.850. The molecule has 0 radical (unpaired) electrons. The fourth-order valence-electron chi connectivity index (χ4n) is 3.06. The molecule has 74 valence electrons. The molecule has 0 spiro atoms. The van der Waals surface area contributed by atoms with Crippen molar-refractivity contribution in [2.24, 2.45) is 0 Å². The van der Waals surface area contributed by atoms with Crippen molar-refractivity contribution in [2.75, 3.05) is 0 Å². The molecule has 1 nitrogen and oxygen atoms in total. The lowest BCUT2D eigenvalue weighted by atomic mass is 10.0. The van der Waals surface area contributed by atoms with E-state index in [2.05, 4.69) is 13.8 Å². The van der Waals surface area contributed by atoms with Gasteiger partial charge in [-0.1, -0.05) is 6.92 Å². The minimum atomic E-state index is 0.703. The van der Waals surface area contributed by atoms with Crippen molar-refractivity contribution in [3.8, 4) is 0 Å². The van der Waals surface area contributed by atoms with E-state index in [0.717, 1.165) is 0 Å². The molecule has 0 aliphatic heterocycles. The van der Waals surface area contributed by atoms with Gasteiger partial charge in [-0.05, 0) is 61.6 Å². The molecular formula is C13H17N. The van der Waals surface area contributed by atoms with Gasteiger partial charge in [0.1, 0.15) is 0 Å². The van der Waals surface area contributed by atoms with Crippen molar-refractivity contribution in [3.05, 3.63) is 28.1 Å². The first kappa shape index (κ1) is 8.46. The summed E-state index contributed by atoms with van der Waals surface area (Å²) < 4.78 is 0. The average Bonchev–Trinajstić information content (AvgIpc) is 2.75. The molecule has 2 aliphatic carbocycles. The Labute approximate surface area is 85.6 Å². The molecule has 2 aliphatic rings. The van der Waals surface area contributed by atoms with Crippen LogP contribution in [0.5, 0.6) is 0 Å². The highest BCUT2D eigenvalue weighted by Gasteiger charge is 2.26. The van der Waals surface area contributed by atoms with Crippen LogP contribution in [-0.2, 0) is 19.3 Å². The molecular weight excluding hydrogens is 170 g/mol. The number of aromatic nitrogens is 1. The Morgan fingerprint density at radius 2 is 2.00 bits per heavy atom. The highest BCUT2D eigenvalue weighted by molar-refractivity contribution is 5.45. The predicted molar refractivity (Wildman–Crippen MR) is 57.7 cm³/mol. The summed E-state index contributed by atoms with van der Waals surface area (Å²) in [4.78, 5) is 4.88. The molecule has 0 fully saturated rings. The van der Waals surface area contributed by atoms with Gasteiger partial charge in [-0.2, -0.15) is 0 Å². The van der Waals surface area contributed by atoms with Gasteiger partial charge in [0.25, 0.3) is 0 Å². The zero-order valence-corrected chi connectivity index (χ0v) is 9.06. The number of rotatable bonds is 0. The molecule has 1 aromatic rings. The number of nitrogens with zero attached hydrogens (tertiary/aromatic N) is 1. The lowest BCUT2D eigenvalue weighted by Crippen LogP contribution is -2.01. The van der Waals surface area contributed by atoms with Crippen LogP contribution < -0.4 is 0 Å². The van der Waals surface area contributed by atoms with Crippen LogP contribution in [0.3, 0.4) is 0 Å². The number of pyridine rings is 1. The van der Waals surface area contributed by atoms with Gasteiger partial charge < -0.3 is 0 Å². The Kier molecular flexibility index (Phi) is 1.70. The van der Waals surface area contributed by atoms with E-state index in [9.17, 15) is 0 Å². The normalized spacial score (nSPS) is 23.7. The van der Waals surface area contributed by atoms with Crippen LogP contribution in [0.2, 0.25) is 0 Å². The van der Waals surface area contributed by atoms with Crippen molar-refractivity contribution >= 4 is 0 Å². The Morgan fingerprint density at radius 3 is 2.86 bits per heavy atom. The van der Waals surface area contributed by atoms with Crippen molar-refractivity contribution in [3.63, 3.8) is 0 Å². The minimum absolute atomic E-state index is 0.703. The molecule has 1 heteroatoms. The Balaban J connectivity index is 2.24. The van der Waals surface area contributed by atoms with Crippen LogP contribution in [0.1, 0.15) is 53.8 Å². The zero-order chi connectivity index (χ0) is 9.71. The average molecular weight is 187 g/mol. The Morgan fingerprint density at radius 1 is 1.14 bits per heavy atom. The number of hydrogen-bond acceptors (Lipinski definition) is 1. The van der Waals surface area contributed by atoms with Gasteiger partial charge in [0.05, 0.1) is 0 Å². The summed E-state index contributed by atoms with van der Waals surface area (Å²) in [5, 5.41) is 0. The van der Waals surface area contributed by atoms with Crippen LogP contribution in [0, 0.1) is 6.92 Å². The number of fused-ring (bicyclic) bond motifs is 2. The second kappa shape index (κ2) is 2.82. The fraction of sp³-hybridized carbons (Fsp3) is 0.615. The van der Waals surface area contributed by atoms with E-state index >= 15 is 0 Å². The van der Waals surface area contributed by atoms with Gasteiger partial charge in [-0.3, -0.25) is 4.98 Å². The minimum Gasteiger partial charge on any atom is -0.257 e. The van der Waals surface area contributed by atoms with Gasteiger partial charge >= 0.3 is 0 Å². The van der Waals surface area contributed by atoms with Crippen molar-refractivity contribution in [1.29, 1.82) is 0 Å². The van der Waals surface area contributed by atoms with E-state index in [-0.39, 0.29) is 0 Å². The summed E-state index contributed by atoms with van der Waals surface area (Å²) >= 11 is 0. The maximum Gasteiger partial charge on any atom is 0.0469 e. The lowest BCUT2D eigenvalue weighted by Gasteiger charge is -2.11. The second-order valence-electron chi connectivity index (χ2n) is 4.82. The topological polar surface area (TPSA) is 12.9 Å². The van der Waals surface area contributed by atoms with Crippen LogP contribution in [0.25, 0.3) is 0 Å². The summed E-state index contributed by atoms with van der Waals surface area (Å²) in [5.74, 6) is 0.703. The van der Waals surface area contributed by atoms with E-state index in [1.165, 1.54) is 43.5 Å². The number of hydrogen-bond donors (Lipinski definition) is 0. The second-order valence-corrected chi connectivity index (χ2v) is 4.82. The first-order valence-electron chi connectivity index (χ1n) is 5.78. The molecule has 3 rings (SSSR count). The van der Waals surface area contributed by atoms with Crippen LogP contribution in [0.15, 0.2) is 0 Å². The SMILES string of the molecule is Cc1c2c(nc3c1CCC3C)CCC2. The van der Waals surface area contributed by atoms with E-state index in [0.29, 0.717) is 5.92 Å². The molecule has 1 aromatic heterocycles. The van der Waals surface area contributed by atoms with Crippen molar-refractivity contribution in [1.82, 2.24) is 4.98 Å². The third-order valence-electron chi connectivity index (χ3n) is 3.95. The third-order valence-corrected chi connectivity index (χ3v) is 3.95. The summed E-state index contributed by atoms with van der Waals surface area (Å²) in [5.41, 5.74) is 7.57. The number of aryl methyl sites for hydroxylation is 1. The molecule has 0 saturated carbocycles. The molecule has 0 saturated heterocycles. The first-order valence-corrected chi connectivity index (χ1v) is 5.78. The Bertz CT molecular complexity index is 393. The predicted octanol–water partition coefficient (Wildman–Crippen LogP) is 2.93. The summed E-state index contributed by atoms with van der Waals surface area (Å²) in [7, 11) is 0. The van der Waals surface area contributed by atoms with Crippen molar-refractivity contribution in [2.45, 2.75) is 51.9 Å². The highest BCUT2D eigenvalue weighted by atomic mass is 14.8. The molecule has 0 N–H and O–H groups in total. The van der Waals surface area contributed by atoms with Crippen molar-refractivity contribution < 1.29 is 0 Å². The maximum absolute atomic E-state index is 4.88.